The maximum atomic E-state index is 5.73. The number of nitrogens with one attached hydrogen (secondary N) is 1. The number of ether oxygens (including phenoxy) is 1. The molecule has 1 N–H and O–H groups in total. The molecule has 2 nitrogen and oxygen atoms in total. The van der Waals surface area contributed by atoms with Gasteiger partial charge in [-0.1, -0.05) is 30.3 Å². The van der Waals surface area contributed by atoms with Crippen LogP contribution in [0.5, 0.6) is 0 Å². The quantitative estimate of drug-likeness (QED) is 0.773. The van der Waals surface area contributed by atoms with E-state index in [1.54, 1.807) is 0 Å². The van der Waals surface area contributed by atoms with Crippen LogP contribution in [0.15, 0.2) is 30.3 Å². The molecule has 0 aromatic heterocycles. The van der Waals surface area contributed by atoms with E-state index in [-0.39, 0.29) is 18.1 Å². The Morgan fingerprint density at radius 1 is 1.36 bits per heavy atom. The van der Waals surface area contributed by atoms with Crippen LogP contribution in [-0.4, -0.2) is 12.6 Å². The van der Waals surface area contributed by atoms with Crippen molar-refractivity contribution >= 4 is 12.4 Å². The largest absolute Gasteiger partial charge is 0.355 e. The first-order valence-electron chi connectivity index (χ1n) is 4.68. The number of rotatable bonds is 1. The lowest BCUT2D eigenvalue weighted by atomic mass is 10.1. The predicted octanol–water partition coefficient (Wildman–Crippen LogP) is 2.29. The zero-order valence-corrected chi connectivity index (χ0v) is 9.30. The molecule has 1 saturated heterocycles. The lowest BCUT2D eigenvalue weighted by Crippen LogP contribution is -2.37. The summed E-state index contributed by atoms with van der Waals surface area (Å²) in [6.07, 6.45) is 0. The van der Waals surface area contributed by atoms with Crippen LogP contribution in [-0.2, 0) is 10.5 Å². The zero-order valence-electron chi connectivity index (χ0n) is 8.49. The maximum Gasteiger partial charge on any atom is 0.142 e. The van der Waals surface area contributed by atoms with Crippen molar-refractivity contribution in [3.05, 3.63) is 35.9 Å². The minimum absolute atomic E-state index is 0. The van der Waals surface area contributed by atoms with Crippen LogP contribution >= 0.6 is 12.4 Å². The molecule has 1 aliphatic heterocycles. The van der Waals surface area contributed by atoms with E-state index in [1.165, 1.54) is 5.56 Å². The Bertz CT molecular complexity index is 291. The predicted molar refractivity (Wildman–Crippen MR) is 59.6 cm³/mol. The van der Waals surface area contributed by atoms with Crippen molar-refractivity contribution in [1.29, 1.82) is 0 Å². The standard InChI is InChI=1S/C11H15NO.ClH/c1-9-8-13-11(2,12-9)10-6-4-3-5-7-10;/h3-7,9,12H,8H2,1-2H3;1H. The second-order valence-electron chi connectivity index (χ2n) is 3.76. The molecule has 2 rings (SSSR count). The summed E-state index contributed by atoms with van der Waals surface area (Å²) >= 11 is 0. The van der Waals surface area contributed by atoms with Gasteiger partial charge in [0.05, 0.1) is 6.61 Å². The zero-order chi connectivity index (χ0) is 9.31. The van der Waals surface area contributed by atoms with E-state index in [0.717, 1.165) is 6.61 Å². The third-order valence-electron chi connectivity index (χ3n) is 2.47. The fraction of sp³-hybridized carbons (Fsp3) is 0.455. The lowest BCUT2D eigenvalue weighted by molar-refractivity contribution is 0.00237. The summed E-state index contributed by atoms with van der Waals surface area (Å²) in [5.74, 6) is 0. The molecule has 2 unspecified atom stereocenters. The fourth-order valence-electron chi connectivity index (χ4n) is 1.77. The molecule has 14 heavy (non-hydrogen) atoms. The number of hydrogen-bond acceptors (Lipinski definition) is 2. The molecule has 78 valence electrons. The Kier molecular flexibility index (Phi) is 3.53. The van der Waals surface area contributed by atoms with Gasteiger partial charge in [-0.3, -0.25) is 5.32 Å². The Morgan fingerprint density at radius 3 is 2.50 bits per heavy atom. The highest BCUT2D eigenvalue weighted by Crippen LogP contribution is 2.26. The summed E-state index contributed by atoms with van der Waals surface area (Å²) < 4.78 is 5.73. The van der Waals surface area contributed by atoms with Crippen molar-refractivity contribution < 1.29 is 4.74 Å². The van der Waals surface area contributed by atoms with Crippen molar-refractivity contribution in [3.8, 4) is 0 Å². The Morgan fingerprint density at radius 2 is 2.00 bits per heavy atom. The van der Waals surface area contributed by atoms with Gasteiger partial charge in [0, 0.05) is 6.04 Å². The van der Waals surface area contributed by atoms with Crippen LogP contribution in [0.1, 0.15) is 19.4 Å². The smallest absolute Gasteiger partial charge is 0.142 e. The van der Waals surface area contributed by atoms with E-state index < -0.39 is 0 Å². The van der Waals surface area contributed by atoms with E-state index in [0.29, 0.717) is 6.04 Å². The van der Waals surface area contributed by atoms with Crippen molar-refractivity contribution in [3.63, 3.8) is 0 Å². The first kappa shape index (κ1) is 11.5. The van der Waals surface area contributed by atoms with Crippen molar-refractivity contribution in [2.75, 3.05) is 6.61 Å². The van der Waals surface area contributed by atoms with Gasteiger partial charge in [0.2, 0.25) is 0 Å². The third-order valence-corrected chi connectivity index (χ3v) is 2.47. The van der Waals surface area contributed by atoms with Crippen LogP contribution in [0.2, 0.25) is 0 Å². The summed E-state index contributed by atoms with van der Waals surface area (Å²) in [6, 6.07) is 10.7. The second-order valence-corrected chi connectivity index (χ2v) is 3.76. The average Bonchev–Trinajstić information content (AvgIpc) is 2.49. The SMILES string of the molecule is CC1COC(C)(c2ccccc2)N1.Cl. The molecule has 1 heterocycles. The summed E-state index contributed by atoms with van der Waals surface area (Å²) in [7, 11) is 0. The van der Waals surface area contributed by atoms with E-state index >= 15 is 0 Å². The molecule has 0 amide bonds. The highest BCUT2D eigenvalue weighted by atomic mass is 35.5. The van der Waals surface area contributed by atoms with E-state index in [4.69, 9.17) is 4.74 Å². The molecule has 0 aliphatic carbocycles. The molecule has 0 spiro atoms. The first-order valence-corrected chi connectivity index (χ1v) is 4.68. The monoisotopic (exact) mass is 213 g/mol. The summed E-state index contributed by atoms with van der Waals surface area (Å²) in [5, 5.41) is 3.42. The van der Waals surface area contributed by atoms with Gasteiger partial charge in [0.1, 0.15) is 5.72 Å². The molecule has 1 fully saturated rings. The van der Waals surface area contributed by atoms with Crippen LogP contribution in [0.4, 0.5) is 0 Å². The van der Waals surface area contributed by atoms with E-state index in [1.807, 2.05) is 18.2 Å². The van der Waals surface area contributed by atoms with Gasteiger partial charge < -0.3 is 4.74 Å². The van der Waals surface area contributed by atoms with E-state index in [2.05, 4.69) is 31.3 Å². The van der Waals surface area contributed by atoms with Gasteiger partial charge in [-0.25, -0.2) is 0 Å². The Balaban J connectivity index is 0.000000980. The molecule has 0 radical (unpaired) electrons. The Labute approximate surface area is 91.1 Å². The van der Waals surface area contributed by atoms with E-state index in [9.17, 15) is 0 Å². The topological polar surface area (TPSA) is 21.3 Å². The fourth-order valence-corrected chi connectivity index (χ4v) is 1.77. The summed E-state index contributed by atoms with van der Waals surface area (Å²) in [4.78, 5) is 0. The minimum Gasteiger partial charge on any atom is -0.355 e. The second kappa shape index (κ2) is 4.30. The summed E-state index contributed by atoms with van der Waals surface area (Å²) in [6.45, 7) is 4.99. The number of benzene rings is 1. The highest BCUT2D eigenvalue weighted by molar-refractivity contribution is 5.85. The van der Waals surface area contributed by atoms with Crippen molar-refractivity contribution in [2.24, 2.45) is 0 Å². The van der Waals surface area contributed by atoms with Crippen LogP contribution in [0.3, 0.4) is 0 Å². The first-order chi connectivity index (χ1) is 6.21. The van der Waals surface area contributed by atoms with Gasteiger partial charge >= 0.3 is 0 Å². The van der Waals surface area contributed by atoms with Gasteiger partial charge in [-0.15, -0.1) is 12.4 Å². The van der Waals surface area contributed by atoms with Gasteiger partial charge in [0.25, 0.3) is 0 Å². The van der Waals surface area contributed by atoms with Crippen molar-refractivity contribution in [2.45, 2.75) is 25.6 Å². The normalized spacial score (nSPS) is 31.1. The average molecular weight is 214 g/mol. The van der Waals surface area contributed by atoms with Crippen LogP contribution < -0.4 is 5.32 Å². The number of halogens is 1. The molecule has 0 bridgehead atoms. The maximum absolute atomic E-state index is 5.73. The van der Waals surface area contributed by atoms with Crippen LogP contribution in [0.25, 0.3) is 0 Å². The van der Waals surface area contributed by atoms with Crippen LogP contribution in [0, 0.1) is 0 Å². The molecule has 1 aliphatic rings. The molecule has 0 saturated carbocycles. The Hall–Kier alpha value is -0.570. The minimum atomic E-state index is -0.291. The molecule has 1 aromatic rings. The summed E-state index contributed by atoms with van der Waals surface area (Å²) in [5.41, 5.74) is 0.903. The molecular formula is C11H16ClNO. The molecule has 3 heteroatoms. The molecule has 1 aromatic carbocycles. The highest BCUT2D eigenvalue weighted by Gasteiger charge is 2.34. The third kappa shape index (κ3) is 2.08. The van der Waals surface area contributed by atoms with Gasteiger partial charge in [-0.05, 0) is 19.4 Å². The number of hydrogen-bond donors (Lipinski definition) is 1. The molecule has 2 atom stereocenters. The van der Waals surface area contributed by atoms with Crippen molar-refractivity contribution in [1.82, 2.24) is 5.32 Å². The lowest BCUT2D eigenvalue weighted by Gasteiger charge is -2.24. The van der Waals surface area contributed by atoms with Gasteiger partial charge in [0.15, 0.2) is 0 Å². The molecular weight excluding hydrogens is 198 g/mol. The van der Waals surface area contributed by atoms with Gasteiger partial charge in [-0.2, -0.15) is 0 Å².